The summed E-state index contributed by atoms with van der Waals surface area (Å²) in [5.41, 5.74) is 2.65. The summed E-state index contributed by atoms with van der Waals surface area (Å²) >= 11 is 0. The van der Waals surface area contributed by atoms with Crippen LogP contribution < -0.4 is 5.32 Å². The predicted molar refractivity (Wildman–Crippen MR) is 79.5 cm³/mol. The summed E-state index contributed by atoms with van der Waals surface area (Å²) in [6, 6.07) is 9.20. The molecule has 1 aliphatic rings. The number of morpholine rings is 1. The number of hydrogen-bond acceptors (Lipinski definition) is 3. The Hall–Kier alpha value is -0.900. The third kappa shape index (κ3) is 4.03. The molecule has 1 aromatic carbocycles. The summed E-state index contributed by atoms with van der Waals surface area (Å²) in [4.78, 5) is 2.49. The van der Waals surface area contributed by atoms with Crippen molar-refractivity contribution in [3.8, 4) is 0 Å². The number of hydrogen-bond donors (Lipinski definition) is 1. The van der Waals surface area contributed by atoms with Crippen molar-refractivity contribution in [1.29, 1.82) is 0 Å². The van der Waals surface area contributed by atoms with Gasteiger partial charge in [0.15, 0.2) is 0 Å². The van der Waals surface area contributed by atoms with Gasteiger partial charge in [-0.25, -0.2) is 0 Å². The molecule has 1 aliphatic heterocycles. The van der Waals surface area contributed by atoms with Crippen molar-refractivity contribution in [2.45, 2.75) is 32.4 Å². The highest BCUT2D eigenvalue weighted by Crippen LogP contribution is 2.20. The largest absolute Gasteiger partial charge is 0.373 e. The fourth-order valence-corrected chi connectivity index (χ4v) is 2.69. The third-order valence-electron chi connectivity index (χ3n) is 3.77. The van der Waals surface area contributed by atoms with Gasteiger partial charge in [0.25, 0.3) is 0 Å². The van der Waals surface area contributed by atoms with Crippen molar-refractivity contribution in [2.24, 2.45) is 0 Å². The first-order valence-corrected chi connectivity index (χ1v) is 7.10. The van der Waals surface area contributed by atoms with Crippen LogP contribution in [0.15, 0.2) is 24.3 Å². The Balaban J connectivity index is 2.01. The Kier molecular flexibility index (Phi) is 4.61. The number of nitrogens with zero attached hydrogens (tertiary/aromatic N) is 1. The van der Waals surface area contributed by atoms with E-state index in [1.54, 1.807) is 0 Å². The van der Waals surface area contributed by atoms with Gasteiger partial charge in [0.1, 0.15) is 0 Å². The van der Waals surface area contributed by atoms with Crippen LogP contribution >= 0.6 is 0 Å². The van der Waals surface area contributed by atoms with Gasteiger partial charge in [-0.05, 0) is 33.4 Å². The van der Waals surface area contributed by atoms with Crippen LogP contribution in [0.25, 0.3) is 0 Å². The van der Waals surface area contributed by atoms with Gasteiger partial charge in [-0.15, -0.1) is 0 Å². The number of benzene rings is 1. The summed E-state index contributed by atoms with van der Waals surface area (Å²) < 4.78 is 5.77. The zero-order valence-corrected chi connectivity index (χ0v) is 12.6. The fourth-order valence-electron chi connectivity index (χ4n) is 2.69. The van der Waals surface area contributed by atoms with E-state index in [9.17, 15) is 0 Å². The molecule has 1 saturated heterocycles. The summed E-state index contributed by atoms with van der Waals surface area (Å²) in [5, 5.41) is 3.43. The third-order valence-corrected chi connectivity index (χ3v) is 3.77. The number of ether oxygens (including phenoxy) is 1. The second kappa shape index (κ2) is 6.04. The van der Waals surface area contributed by atoms with E-state index in [1.165, 1.54) is 11.1 Å². The van der Waals surface area contributed by atoms with E-state index in [2.05, 4.69) is 55.3 Å². The smallest absolute Gasteiger partial charge is 0.0753 e. The minimum atomic E-state index is -0.0240. The quantitative estimate of drug-likeness (QED) is 0.901. The normalized spacial score (nSPS) is 21.3. The molecule has 106 valence electrons. The second-order valence-electron chi connectivity index (χ2n) is 6.10. The average Bonchev–Trinajstić information content (AvgIpc) is 2.36. The SMILES string of the molecule is CNC(CN1CCOC(C)(C)C1)c1ccc(C)cc1. The van der Waals surface area contributed by atoms with Gasteiger partial charge in [0, 0.05) is 25.7 Å². The van der Waals surface area contributed by atoms with E-state index >= 15 is 0 Å². The molecule has 1 N–H and O–H groups in total. The van der Waals surface area contributed by atoms with Crippen molar-refractivity contribution in [3.05, 3.63) is 35.4 Å². The van der Waals surface area contributed by atoms with Gasteiger partial charge < -0.3 is 10.1 Å². The lowest BCUT2D eigenvalue weighted by Gasteiger charge is -2.39. The van der Waals surface area contributed by atoms with Crippen LogP contribution in [0, 0.1) is 6.92 Å². The monoisotopic (exact) mass is 262 g/mol. The summed E-state index contributed by atoms with van der Waals surface area (Å²) in [6.07, 6.45) is 0. The molecule has 1 atom stereocenters. The Labute approximate surface area is 116 Å². The molecular formula is C16H26N2O. The Morgan fingerprint density at radius 1 is 1.32 bits per heavy atom. The molecule has 2 rings (SSSR count). The highest BCUT2D eigenvalue weighted by Gasteiger charge is 2.28. The topological polar surface area (TPSA) is 24.5 Å². The van der Waals surface area contributed by atoms with E-state index < -0.39 is 0 Å². The Bertz CT molecular complexity index is 400. The lowest BCUT2D eigenvalue weighted by molar-refractivity contribution is -0.0875. The molecule has 0 aromatic heterocycles. The maximum atomic E-state index is 5.77. The van der Waals surface area contributed by atoms with Crippen molar-refractivity contribution in [2.75, 3.05) is 33.3 Å². The number of nitrogens with one attached hydrogen (secondary N) is 1. The van der Waals surface area contributed by atoms with E-state index in [4.69, 9.17) is 4.74 Å². The van der Waals surface area contributed by atoms with Gasteiger partial charge in [-0.2, -0.15) is 0 Å². The van der Waals surface area contributed by atoms with Crippen LogP contribution in [-0.2, 0) is 4.74 Å². The highest BCUT2D eigenvalue weighted by molar-refractivity contribution is 5.24. The first kappa shape index (κ1) is 14.5. The first-order valence-electron chi connectivity index (χ1n) is 7.10. The molecule has 1 aromatic rings. The zero-order valence-electron chi connectivity index (χ0n) is 12.6. The molecule has 0 aliphatic carbocycles. The van der Waals surface area contributed by atoms with Crippen molar-refractivity contribution >= 4 is 0 Å². The zero-order chi connectivity index (χ0) is 13.9. The Morgan fingerprint density at radius 2 is 2.00 bits per heavy atom. The van der Waals surface area contributed by atoms with Gasteiger partial charge in [0.05, 0.1) is 12.2 Å². The molecule has 1 unspecified atom stereocenters. The van der Waals surface area contributed by atoms with Crippen LogP contribution in [0.1, 0.15) is 31.0 Å². The molecule has 0 spiro atoms. The second-order valence-corrected chi connectivity index (χ2v) is 6.10. The van der Waals surface area contributed by atoms with E-state index in [0.29, 0.717) is 6.04 Å². The number of rotatable bonds is 4. The van der Waals surface area contributed by atoms with Gasteiger partial charge in [0.2, 0.25) is 0 Å². The number of likely N-dealkylation sites (N-methyl/N-ethyl adjacent to an activating group) is 1. The molecule has 0 saturated carbocycles. The minimum Gasteiger partial charge on any atom is -0.373 e. The highest BCUT2D eigenvalue weighted by atomic mass is 16.5. The van der Waals surface area contributed by atoms with E-state index in [1.807, 2.05) is 7.05 Å². The van der Waals surface area contributed by atoms with Gasteiger partial charge in [-0.3, -0.25) is 4.90 Å². The maximum Gasteiger partial charge on any atom is 0.0753 e. The van der Waals surface area contributed by atoms with Gasteiger partial charge >= 0.3 is 0 Å². The van der Waals surface area contributed by atoms with Gasteiger partial charge in [-0.1, -0.05) is 29.8 Å². The van der Waals surface area contributed by atoms with Crippen LogP contribution in [-0.4, -0.2) is 43.8 Å². The van der Waals surface area contributed by atoms with Crippen molar-refractivity contribution in [3.63, 3.8) is 0 Å². The minimum absolute atomic E-state index is 0.0240. The lowest BCUT2D eigenvalue weighted by atomic mass is 10.0. The molecule has 1 heterocycles. The van der Waals surface area contributed by atoms with Crippen molar-refractivity contribution < 1.29 is 4.74 Å². The van der Waals surface area contributed by atoms with E-state index in [-0.39, 0.29) is 5.60 Å². The summed E-state index contributed by atoms with van der Waals surface area (Å²) in [7, 11) is 2.04. The molecule has 3 heteroatoms. The Morgan fingerprint density at radius 3 is 2.58 bits per heavy atom. The van der Waals surface area contributed by atoms with Crippen LogP contribution in [0.5, 0.6) is 0 Å². The van der Waals surface area contributed by atoms with Crippen LogP contribution in [0.3, 0.4) is 0 Å². The summed E-state index contributed by atoms with van der Waals surface area (Å²) in [6.45, 7) is 10.3. The molecule has 3 nitrogen and oxygen atoms in total. The van der Waals surface area contributed by atoms with E-state index in [0.717, 1.165) is 26.2 Å². The fraction of sp³-hybridized carbons (Fsp3) is 0.625. The average molecular weight is 262 g/mol. The molecule has 0 amide bonds. The molecule has 1 fully saturated rings. The maximum absolute atomic E-state index is 5.77. The van der Waals surface area contributed by atoms with Crippen LogP contribution in [0.2, 0.25) is 0 Å². The number of aryl methyl sites for hydroxylation is 1. The standard InChI is InChI=1S/C16H26N2O/c1-13-5-7-14(8-6-13)15(17-4)11-18-9-10-19-16(2,3)12-18/h5-8,15,17H,9-12H2,1-4H3. The van der Waals surface area contributed by atoms with Crippen LogP contribution in [0.4, 0.5) is 0 Å². The summed E-state index contributed by atoms with van der Waals surface area (Å²) in [5.74, 6) is 0. The van der Waals surface area contributed by atoms with Crippen molar-refractivity contribution in [1.82, 2.24) is 10.2 Å². The lowest BCUT2D eigenvalue weighted by Crippen LogP contribution is -2.50. The molecule has 19 heavy (non-hydrogen) atoms. The first-order chi connectivity index (χ1) is 9.00. The molecule has 0 radical (unpaired) electrons. The predicted octanol–water partition coefficient (Wildman–Crippen LogP) is 2.37. The molecule has 0 bridgehead atoms. The molecular weight excluding hydrogens is 236 g/mol.